The number of methoxy groups -OCH3 is 1. The Morgan fingerprint density at radius 2 is 2.08 bits per heavy atom. The number of hydrogen-bond acceptors (Lipinski definition) is 7. The fourth-order valence-corrected chi connectivity index (χ4v) is 3.75. The predicted molar refractivity (Wildman–Crippen MR) is 102 cm³/mol. The average Bonchev–Trinajstić information content (AvgIpc) is 3.14. The highest BCUT2D eigenvalue weighted by Gasteiger charge is 2.32. The van der Waals surface area contributed by atoms with Gasteiger partial charge >= 0.3 is 0 Å². The van der Waals surface area contributed by atoms with Crippen LogP contribution < -0.4 is 4.74 Å². The maximum absolute atomic E-state index is 12.7. The van der Waals surface area contributed by atoms with Gasteiger partial charge in [0.1, 0.15) is 10.8 Å². The first-order chi connectivity index (χ1) is 12.1. The van der Waals surface area contributed by atoms with Gasteiger partial charge in [0.2, 0.25) is 5.13 Å². The lowest BCUT2D eigenvalue weighted by Gasteiger charge is -2.11. The molecule has 3 rings (SSSR count). The van der Waals surface area contributed by atoms with Crippen LogP contribution in [0.1, 0.15) is 10.6 Å². The van der Waals surface area contributed by atoms with Crippen LogP contribution in [0.3, 0.4) is 0 Å². The zero-order valence-corrected chi connectivity index (χ0v) is 15.4. The van der Waals surface area contributed by atoms with Gasteiger partial charge in [-0.1, -0.05) is 29.5 Å². The number of benzene rings is 1. The molecule has 0 aliphatic carbocycles. The minimum absolute atomic E-state index is 0.0966. The molecule has 2 aromatic rings. The lowest BCUT2D eigenvalue weighted by atomic mass is 10.2. The molecule has 0 bridgehead atoms. The van der Waals surface area contributed by atoms with Crippen molar-refractivity contribution in [3.05, 3.63) is 52.4 Å². The maximum atomic E-state index is 12.7. The molecular formula is C17H16N4O2S2. The summed E-state index contributed by atoms with van der Waals surface area (Å²) in [4.78, 5) is 19.3. The Labute approximate surface area is 153 Å². The van der Waals surface area contributed by atoms with Crippen LogP contribution in [0.15, 0.2) is 46.8 Å². The fraction of sp³-hybridized carbons (Fsp3) is 0.176. The van der Waals surface area contributed by atoms with Crippen LogP contribution >= 0.6 is 23.1 Å². The number of thioether (sulfide) groups is 1. The Bertz CT molecular complexity index is 856. The molecule has 0 unspecified atom stereocenters. The number of aliphatic imine (C=N–C) groups is 1. The van der Waals surface area contributed by atoms with Gasteiger partial charge in [-0.3, -0.25) is 9.69 Å². The number of aryl methyl sites for hydroxylation is 1. The Hall–Kier alpha value is -2.45. The first-order valence-electron chi connectivity index (χ1n) is 7.46. The van der Waals surface area contributed by atoms with Crippen molar-refractivity contribution in [2.75, 3.05) is 13.7 Å². The quantitative estimate of drug-likeness (QED) is 0.592. The summed E-state index contributed by atoms with van der Waals surface area (Å²) in [5.74, 6) is 0.676. The topological polar surface area (TPSA) is 67.7 Å². The van der Waals surface area contributed by atoms with Gasteiger partial charge in [0.25, 0.3) is 5.91 Å². The molecule has 1 fully saturated rings. The zero-order valence-electron chi connectivity index (χ0n) is 13.8. The molecule has 25 heavy (non-hydrogen) atoms. The van der Waals surface area contributed by atoms with Gasteiger partial charge in [-0.2, -0.15) is 4.99 Å². The second kappa shape index (κ2) is 7.62. The molecular weight excluding hydrogens is 356 g/mol. The van der Waals surface area contributed by atoms with E-state index in [1.807, 2.05) is 37.3 Å². The summed E-state index contributed by atoms with van der Waals surface area (Å²) in [5.41, 5.74) is 0.920. The first kappa shape index (κ1) is 17.4. The normalized spacial score (nSPS) is 17.5. The van der Waals surface area contributed by atoms with Crippen molar-refractivity contribution in [1.82, 2.24) is 15.1 Å². The van der Waals surface area contributed by atoms with E-state index in [9.17, 15) is 4.79 Å². The number of carbonyl (C=O) groups is 1. The van der Waals surface area contributed by atoms with Crippen LogP contribution in [-0.4, -0.2) is 39.8 Å². The molecule has 1 aliphatic heterocycles. The molecule has 1 saturated heterocycles. The number of amidine groups is 1. The van der Waals surface area contributed by atoms with E-state index >= 15 is 0 Å². The van der Waals surface area contributed by atoms with Gasteiger partial charge in [-0.05, 0) is 42.5 Å². The zero-order chi connectivity index (χ0) is 17.8. The molecule has 1 aliphatic rings. The summed E-state index contributed by atoms with van der Waals surface area (Å²) in [6.45, 7) is 5.97. The first-order valence-corrected chi connectivity index (χ1v) is 9.09. The van der Waals surface area contributed by atoms with E-state index in [2.05, 4.69) is 21.8 Å². The Kier molecular flexibility index (Phi) is 5.30. The van der Waals surface area contributed by atoms with Crippen LogP contribution in [0.25, 0.3) is 6.08 Å². The Morgan fingerprint density at radius 3 is 2.68 bits per heavy atom. The summed E-state index contributed by atoms with van der Waals surface area (Å²) in [5, 5.41) is 9.90. The van der Waals surface area contributed by atoms with Crippen molar-refractivity contribution in [2.45, 2.75) is 6.92 Å². The SMILES string of the molecule is C=CCN1C(=O)/C(=C\c2ccc(OC)cc2)SC1=Nc1nnc(C)s1. The second-order valence-electron chi connectivity index (χ2n) is 5.09. The van der Waals surface area contributed by atoms with Gasteiger partial charge in [0, 0.05) is 6.54 Å². The standard InChI is InChI=1S/C17H16N4O2S2/c1-4-9-21-15(22)14(10-12-5-7-13(23-3)8-6-12)25-17(21)18-16-20-19-11(2)24-16/h4-8,10H,1,9H2,2-3H3/b14-10+,18-17?. The molecule has 2 heterocycles. The van der Waals surface area contributed by atoms with E-state index in [4.69, 9.17) is 4.74 Å². The minimum Gasteiger partial charge on any atom is -0.497 e. The molecule has 128 valence electrons. The number of nitrogens with zero attached hydrogens (tertiary/aromatic N) is 4. The third kappa shape index (κ3) is 3.97. The number of amides is 1. The van der Waals surface area contributed by atoms with Crippen LogP contribution in [0, 0.1) is 6.92 Å². The number of hydrogen-bond donors (Lipinski definition) is 0. The molecule has 6 nitrogen and oxygen atoms in total. The van der Waals surface area contributed by atoms with Crippen molar-refractivity contribution in [2.24, 2.45) is 4.99 Å². The molecule has 1 aromatic heterocycles. The number of ether oxygens (including phenoxy) is 1. The summed E-state index contributed by atoms with van der Waals surface area (Å²) >= 11 is 2.71. The highest BCUT2D eigenvalue weighted by atomic mass is 32.2. The summed E-state index contributed by atoms with van der Waals surface area (Å²) in [7, 11) is 1.62. The Morgan fingerprint density at radius 1 is 1.32 bits per heavy atom. The van der Waals surface area contributed by atoms with E-state index in [0.717, 1.165) is 16.3 Å². The molecule has 0 saturated carbocycles. The third-order valence-electron chi connectivity index (χ3n) is 3.32. The lowest BCUT2D eigenvalue weighted by molar-refractivity contribution is -0.121. The van der Waals surface area contributed by atoms with Crippen molar-refractivity contribution < 1.29 is 9.53 Å². The molecule has 8 heteroatoms. The van der Waals surface area contributed by atoms with Crippen LogP contribution in [0.2, 0.25) is 0 Å². The molecule has 0 radical (unpaired) electrons. The monoisotopic (exact) mass is 372 g/mol. The molecule has 1 amide bonds. The van der Waals surface area contributed by atoms with E-state index in [1.165, 1.54) is 23.1 Å². The lowest BCUT2D eigenvalue weighted by Crippen LogP contribution is -2.29. The fourth-order valence-electron chi connectivity index (χ4n) is 2.15. The summed E-state index contributed by atoms with van der Waals surface area (Å²) < 4.78 is 5.15. The molecule has 0 N–H and O–H groups in total. The number of rotatable bonds is 5. The molecule has 0 spiro atoms. The summed E-state index contributed by atoms with van der Waals surface area (Å²) in [6.07, 6.45) is 3.52. The maximum Gasteiger partial charge on any atom is 0.267 e. The van der Waals surface area contributed by atoms with Crippen molar-refractivity contribution in [3.63, 3.8) is 0 Å². The van der Waals surface area contributed by atoms with Gasteiger partial charge in [0.05, 0.1) is 12.0 Å². The Balaban J connectivity index is 1.90. The summed E-state index contributed by atoms with van der Waals surface area (Å²) in [6, 6.07) is 7.52. The smallest absolute Gasteiger partial charge is 0.267 e. The van der Waals surface area contributed by atoms with Crippen molar-refractivity contribution >= 4 is 45.4 Å². The third-order valence-corrected chi connectivity index (χ3v) is 5.06. The predicted octanol–water partition coefficient (Wildman–Crippen LogP) is 3.65. The largest absolute Gasteiger partial charge is 0.497 e. The average molecular weight is 372 g/mol. The van der Waals surface area contributed by atoms with E-state index < -0.39 is 0 Å². The van der Waals surface area contributed by atoms with Gasteiger partial charge in [-0.25, -0.2) is 0 Å². The minimum atomic E-state index is -0.0966. The molecule has 1 aromatic carbocycles. The van der Waals surface area contributed by atoms with Crippen LogP contribution in [0.5, 0.6) is 5.75 Å². The second-order valence-corrected chi connectivity index (χ2v) is 7.26. The van der Waals surface area contributed by atoms with E-state index in [1.54, 1.807) is 18.1 Å². The van der Waals surface area contributed by atoms with E-state index in [-0.39, 0.29) is 5.91 Å². The van der Waals surface area contributed by atoms with E-state index in [0.29, 0.717) is 21.7 Å². The van der Waals surface area contributed by atoms with Gasteiger partial charge in [0.15, 0.2) is 5.17 Å². The van der Waals surface area contributed by atoms with Crippen LogP contribution in [0.4, 0.5) is 5.13 Å². The van der Waals surface area contributed by atoms with Gasteiger partial charge in [-0.15, -0.1) is 16.8 Å². The highest BCUT2D eigenvalue weighted by Crippen LogP contribution is 2.34. The van der Waals surface area contributed by atoms with Crippen molar-refractivity contribution in [1.29, 1.82) is 0 Å². The van der Waals surface area contributed by atoms with Crippen molar-refractivity contribution in [3.8, 4) is 5.75 Å². The van der Waals surface area contributed by atoms with Crippen LogP contribution in [-0.2, 0) is 4.79 Å². The molecule has 0 atom stereocenters. The number of aromatic nitrogens is 2. The number of carbonyl (C=O) groups excluding carboxylic acids is 1. The highest BCUT2D eigenvalue weighted by molar-refractivity contribution is 8.18. The van der Waals surface area contributed by atoms with Gasteiger partial charge < -0.3 is 4.74 Å².